The van der Waals surface area contributed by atoms with Gasteiger partial charge in [0.15, 0.2) is 0 Å². The summed E-state index contributed by atoms with van der Waals surface area (Å²) >= 11 is 0. The molecule has 0 radical (unpaired) electrons. The third kappa shape index (κ3) is 16.3. The van der Waals surface area contributed by atoms with E-state index in [1.54, 1.807) is 12.1 Å². The topological polar surface area (TPSA) is 253 Å². The lowest BCUT2D eigenvalue weighted by Crippen LogP contribution is -2.32. The van der Waals surface area contributed by atoms with Gasteiger partial charge in [0.1, 0.15) is 17.8 Å². The molecule has 0 spiro atoms. The number of carbonyl (C=O) groups is 4. The molecule has 2 atom stereocenters. The Balaban J connectivity index is 0. The van der Waals surface area contributed by atoms with Gasteiger partial charge in [-0.05, 0) is 30.5 Å². The van der Waals surface area contributed by atoms with Crippen molar-refractivity contribution in [1.29, 1.82) is 0 Å². The summed E-state index contributed by atoms with van der Waals surface area (Å²) in [4.78, 5) is 39.8. The van der Waals surface area contributed by atoms with Gasteiger partial charge in [-0.15, -0.1) is 0 Å². The maximum atomic E-state index is 10.4. The molecule has 12 nitrogen and oxygen atoms in total. The summed E-state index contributed by atoms with van der Waals surface area (Å²) in [6, 6.07) is 4.45. The van der Waals surface area contributed by atoms with Crippen LogP contribution >= 0.6 is 0 Å². The Hall–Kier alpha value is -3.22. The Morgan fingerprint density at radius 2 is 1.32 bits per heavy atom. The molecule has 0 bridgehead atoms. The zero-order valence-electron chi connectivity index (χ0n) is 15.0. The molecule has 1 rings (SSSR count). The van der Waals surface area contributed by atoms with E-state index < -0.39 is 35.9 Å². The largest absolute Gasteiger partial charge is 0.508 e. The van der Waals surface area contributed by atoms with Crippen LogP contribution in [0.4, 0.5) is 0 Å². The smallest absolute Gasteiger partial charge is 0.320 e. The molecule has 0 saturated heterocycles. The number of phenolic OH excluding ortho intramolecular Hbond substituents is 1. The molecule has 0 saturated carbocycles. The summed E-state index contributed by atoms with van der Waals surface area (Å²) in [5.41, 5.74) is 20.5. The minimum absolute atomic E-state index is 0.0213. The standard InChI is InChI=1S/C9H11NO3.C5H10N2O3.C2H5NO2/c10-8(9(12)13)5-6-1-3-7(11)4-2-6;6-3(5(9)10)1-2-4(7)8;3-1-2(4)5/h1-4,8,11H,5,10H2,(H,12,13);3H,1-2,6H2,(H2,7,8)(H,9,10);1,3H2,(H,4,5)/t8-;3-;/m00./s1. The van der Waals surface area contributed by atoms with Crippen molar-refractivity contribution in [2.75, 3.05) is 6.54 Å². The van der Waals surface area contributed by atoms with Crippen LogP contribution in [0.1, 0.15) is 18.4 Å². The fourth-order valence-corrected chi connectivity index (χ4v) is 1.39. The van der Waals surface area contributed by atoms with Gasteiger partial charge in [0.2, 0.25) is 5.91 Å². The van der Waals surface area contributed by atoms with Crippen molar-refractivity contribution in [2.24, 2.45) is 22.9 Å². The minimum Gasteiger partial charge on any atom is -0.508 e. The molecule has 12 N–H and O–H groups in total. The maximum absolute atomic E-state index is 10.4. The molecule has 0 unspecified atom stereocenters. The molecule has 0 heterocycles. The van der Waals surface area contributed by atoms with Crippen molar-refractivity contribution < 1.29 is 39.6 Å². The van der Waals surface area contributed by atoms with Crippen molar-refractivity contribution >= 4 is 23.8 Å². The lowest BCUT2D eigenvalue weighted by atomic mass is 10.1. The van der Waals surface area contributed by atoms with Crippen LogP contribution in [-0.4, -0.2) is 62.9 Å². The highest BCUT2D eigenvalue weighted by atomic mass is 16.4. The van der Waals surface area contributed by atoms with Gasteiger partial charge in [0.25, 0.3) is 0 Å². The predicted octanol–water partition coefficient (Wildman–Crippen LogP) is -1.96. The van der Waals surface area contributed by atoms with Gasteiger partial charge in [0, 0.05) is 6.42 Å². The average Bonchev–Trinajstić information content (AvgIpc) is 2.62. The summed E-state index contributed by atoms with van der Waals surface area (Å²) < 4.78 is 0. The molecule has 1 amide bonds. The lowest BCUT2D eigenvalue weighted by Gasteiger charge is -2.05. The number of carboxylic acid groups (broad SMARTS) is 3. The molecular weight excluding hydrogens is 376 g/mol. The molecule has 1 aromatic rings. The summed E-state index contributed by atoms with van der Waals surface area (Å²) in [6.07, 6.45) is 0.397. The number of aliphatic carboxylic acids is 3. The molecule has 0 aromatic heterocycles. The zero-order valence-corrected chi connectivity index (χ0v) is 15.0. The first kappa shape index (κ1) is 27.0. The molecule has 0 aliphatic rings. The second kappa shape index (κ2) is 14.9. The summed E-state index contributed by atoms with van der Waals surface area (Å²) in [5.74, 6) is -3.47. The first-order valence-corrected chi connectivity index (χ1v) is 7.85. The van der Waals surface area contributed by atoms with Gasteiger partial charge < -0.3 is 43.4 Å². The van der Waals surface area contributed by atoms with Gasteiger partial charge in [0.05, 0.1) is 6.54 Å². The van der Waals surface area contributed by atoms with Crippen molar-refractivity contribution in [3.63, 3.8) is 0 Å². The first-order chi connectivity index (χ1) is 12.9. The predicted molar refractivity (Wildman–Crippen MR) is 98.2 cm³/mol. The number of carbonyl (C=O) groups excluding carboxylic acids is 1. The van der Waals surface area contributed by atoms with Gasteiger partial charge in [-0.2, -0.15) is 0 Å². The van der Waals surface area contributed by atoms with Crippen LogP contribution in [0.15, 0.2) is 24.3 Å². The number of phenols is 1. The van der Waals surface area contributed by atoms with E-state index in [-0.39, 0.29) is 31.6 Å². The highest BCUT2D eigenvalue weighted by Crippen LogP contribution is 2.10. The number of amides is 1. The Kier molecular flexibility index (Phi) is 14.4. The molecule has 0 fully saturated rings. The second-order valence-electron chi connectivity index (χ2n) is 5.36. The van der Waals surface area contributed by atoms with E-state index in [1.165, 1.54) is 12.1 Å². The number of hydrogen-bond acceptors (Lipinski definition) is 8. The molecule has 28 heavy (non-hydrogen) atoms. The SMILES string of the molecule is NC(=O)CC[C@H](N)C(=O)O.NCC(=O)O.N[C@@H](Cc1ccc(O)cc1)C(=O)O. The highest BCUT2D eigenvalue weighted by Gasteiger charge is 2.12. The van der Waals surface area contributed by atoms with Crippen molar-refractivity contribution in [3.05, 3.63) is 29.8 Å². The Morgan fingerprint density at radius 1 is 0.893 bits per heavy atom. The van der Waals surface area contributed by atoms with E-state index in [0.717, 1.165) is 5.56 Å². The number of primary amides is 1. The molecule has 0 aliphatic heterocycles. The normalized spacial score (nSPS) is 11.5. The number of nitrogens with two attached hydrogens (primary N) is 4. The van der Waals surface area contributed by atoms with Gasteiger partial charge in [-0.25, -0.2) is 0 Å². The van der Waals surface area contributed by atoms with Crippen LogP contribution in [0.5, 0.6) is 5.75 Å². The third-order valence-electron chi connectivity index (χ3n) is 2.90. The first-order valence-electron chi connectivity index (χ1n) is 7.85. The van der Waals surface area contributed by atoms with Crippen LogP contribution in [0.3, 0.4) is 0 Å². The number of benzene rings is 1. The number of aromatic hydroxyl groups is 1. The molecular formula is C16H26N4O8. The molecule has 158 valence electrons. The Bertz CT molecular complexity index is 636. The van der Waals surface area contributed by atoms with Crippen LogP contribution in [0.2, 0.25) is 0 Å². The quantitative estimate of drug-likeness (QED) is 0.237. The van der Waals surface area contributed by atoms with Gasteiger partial charge in [-0.3, -0.25) is 19.2 Å². The van der Waals surface area contributed by atoms with E-state index in [4.69, 9.17) is 37.6 Å². The third-order valence-corrected chi connectivity index (χ3v) is 2.90. The zero-order chi connectivity index (χ0) is 22.3. The fraction of sp³-hybridized carbons (Fsp3) is 0.375. The van der Waals surface area contributed by atoms with E-state index in [2.05, 4.69) is 5.73 Å². The van der Waals surface area contributed by atoms with Crippen molar-refractivity contribution in [2.45, 2.75) is 31.3 Å². The van der Waals surface area contributed by atoms with Crippen molar-refractivity contribution in [1.82, 2.24) is 0 Å². The van der Waals surface area contributed by atoms with Crippen molar-refractivity contribution in [3.8, 4) is 5.75 Å². The van der Waals surface area contributed by atoms with Gasteiger partial charge in [-0.1, -0.05) is 12.1 Å². The van der Waals surface area contributed by atoms with Crippen LogP contribution in [-0.2, 0) is 25.6 Å². The maximum Gasteiger partial charge on any atom is 0.320 e. The molecule has 12 heteroatoms. The number of hydrogen-bond donors (Lipinski definition) is 8. The fourth-order valence-electron chi connectivity index (χ4n) is 1.39. The van der Waals surface area contributed by atoms with Crippen LogP contribution in [0.25, 0.3) is 0 Å². The highest BCUT2D eigenvalue weighted by molar-refractivity contribution is 5.77. The van der Waals surface area contributed by atoms with E-state index in [0.29, 0.717) is 0 Å². The molecule has 0 aliphatic carbocycles. The van der Waals surface area contributed by atoms with E-state index >= 15 is 0 Å². The number of rotatable bonds is 8. The lowest BCUT2D eigenvalue weighted by molar-refractivity contribution is -0.139. The average molecular weight is 402 g/mol. The summed E-state index contributed by atoms with van der Waals surface area (Å²) in [5, 5.41) is 33.3. The van der Waals surface area contributed by atoms with Crippen LogP contribution in [0, 0.1) is 0 Å². The van der Waals surface area contributed by atoms with E-state index in [9.17, 15) is 19.2 Å². The monoisotopic (exact) mass is 402 g/mol. The second-order valence-corrected chi connectivity index (χ2v) is 5.36. The summed E-state index contributed by atoms with van der Waals surface area (Å²) in [7, 11) is 0. The molecule has 1 aromatic carbocycles. The Morgan fingerprint density at radius 3 is 1.64 bits per heavy atom. The van der Waals surface area contributed by atoms with Crippen LogP contribution < -0.4 is 22.9 Å². The van der Waals surface area contributed by atoms with E-state index in [1.807, 2.05) is 0 Å². The minimum atomic E-state index is -1.11. The summed E-state index contributed by atoms with van der Waals surface area (Å²) in [6.45, 7) is -0.278. The Labute approximate surface area is 160 Å². The van der Waals surface area contributed by atoms with Gasteiger partial charge >= 0.3 is 17.9 Å². The number of carboxylic acids is 3.